The molecule has 0 saturated carbocycles. The average Bonchev–Trinajstić information content (AvgIpc) is 3.18. The second-order valence-electron chi connectivity index (χ2n) is 6.10. The zero-order valence-corrected chi connectivity index (χ0v) is 15.6. The van der Waals surface area contributed by atoms with Gasteiger partial charge in [0.15, 0.2) is 0 Å². The Hall–Kier alpha value is -1.77. The zero-order valence-electron chi connectivity index (χ0n) is 14.0. The number of nitrogens with zero attached hydrogens (tertiary/aromatic N) is 2. The molecule has 134 valence electrons. The number of carbonyl (C=O) groups is 1. The summed E-state index contributed by atoms with van der Waals surface area (Å²) in [6.07, 6.45) is 2.77. The lowest BCUT2D eigenvalue weighted by Gasteiger charge is -2.30. The molecule has 1 aliphatic rings. The highest BCUT2D eigenvalue weighted by Crippen LogP contribution is 2.26. The number of thiophene rings is 1. The van der Waals surface area contributed by atoms with E-state index in [-0.39, 0.29) is 17.9 Å². The number of aromatic nitrogens is 1. The Bertz CT molecular complexity index is 799. The lowest BCUT2D eigenvalue weighted by atomic mass is 9.97. The summed E-state index contributed by atoms with van der Waals surface area (Å²) in [5, 5.41) is 4.74. The van der Waals surface area contributed by atoms with Gasteiger partial charge in [0.1, 0.15) is 4.21 Å². The van der Waals surface area contributed by atoms with E-state index < -0.39 is 10.0 Å². The molecule has 0 spiro atoms. The minimum absolute atomic E-state index is 0.0358. The molecular weight excluding hydrogens is 358 g/mol. The van der Waals surface area contributed by atoms with E-state index >= 15 is 0 Å². The van der Waals surface area contributed by atoms with E-state index in [1.807, 2.05) is 25.1 Å². The number of hydrogen-bond acceptors (Lipinski definition) is 5. The van der Waals surface area contributed by atoms with Gasteiger partial charge in [-0.2, -0.15) is 4.31 Å². The lowest BCUT2D eigenvalue weighted by molar-refractivity contribution is -0.126. The third-order valence-corrected chi connectivity index (χ3v) is 7.68. The van der Waals surface area contributed by atoms with Crippen molar-refractivity contribution in [1.82, 2.24) is 14.6 Å². The van der Waals surface area contributed by atoms with Crippen LogP contribution in [0.1, 0.15) is 31.5 Å². The van der Waals surface area contributed by atoms with Crippen LogP contribution in [0.4, 0.5) is 0 Å². The minimum Gasteiger partial charge on any atom is -0.348 e. The third-order valence-electron chi connectivity index (χ3n) is 4.40. The highest BCUT2D eigenvalue weighted by Gasteiger charge is 2.32. The smallest absolute Gasteiger partial charge is 0.252 e. The van der Waals surface area contributed by atoms with Gasteiger partial charge >= 0.3 is 0 Å². The molecule has 2 aromatic rings. The Labute approximate surface area is 151 Å². The molecule has 1 aliphatic heterocycles. The fraction of sp³-hybridized carbons (Fsp3) is 0.412. The summed E-state index contributed by atoms with van der Waals surface area (Å²) in [5.74, 6) is -0.202. The van der Waals surface area contributed by atoms with Gasteiger partial charge in [-0.05, 0) is 43.3 Å². The number of hydrogen-bond donors (Lipinski definition) is 1. The maximum atomic E-state index is 12.5. The number of sulfonamides is 1. The maximum absolute atomic E-state index is 12.5. The molecule has 0 aromatic carbocycles. The van der Waals surface area contributed by atoms with Gasteiger partial charge in [0.2, 0.25) is 5.91 Å². The van der Waals surface area contributed by atoms with Crippen molar-refractivity contribution in [3.05, 3.63) is 47.6 Å². The zero-order chi connectivity index (χ0) is 17.9. The van der Waals surface area contributed by atoms with Crippen molar-refractivity contribution in [2.75, 3.05) is 13.1 Å². The molecule has 2 aromatic heterocycles. The van der Waals surface area contributed by atoms with Crippen LogP contribution < -0.4 is 5.32 Å². The van der Waals surface area contributed by atoms with Gasteiger partial charge in [-0.1, -0.05) is 12.1 Å². The van der Waals surface area contributed by atoms with Crippen LogP contribution in [0.2, 0.25) is 0 Å². The van der Waals surface area contributed by atoms with E-state index in [2.05, 4.69) is 10.3 Å². The van der Waals surface area contributed by atoms with Crippen molar-refractivity contribution in [2.24, 2.45) is 5.92 Å². The Morgan fingerprint density at radius 2 is 2.04 bits per heavy atom. The monoisotopic (exact) mass is 379 g/mol. The first-order chi connectivity index (χ1) is 12.0. The van der Waals surface area contributed by atoms with E-state index in [0.29, 0.717) is 30.1 Å². The number of amides is 1. The van der Waals surface area contributed by atoms with Crippen molar-refractivity contribution in [2.45, 2.75) is 30.0 Å². The van der Waals surface area contributed by atoms with Crippen LogP contribution in [0.15, 0.2) is 46.1 Å². The van der Waals surface area contributed by atoms with Crippen LogP contribution in [0.25, 0.3) is 0 Å². The van der Waals surface area contributed by atoms with Crippen molar-refractivity contribution in [3.63, 3.8) is 0 Å². The molecule has 3 heterocycles. The highest BCUT2D eigenvalue weighted by molar-refractivity contribution is 7.91. The summed E-state index contributed by atoms with van der Waals surface area (Å²) in [7, 11) is -3.42. The number of carbonyl (C=O) groups excluding carboxylic acids is 1. The fourth-order valence-electron chi connectivity index (χ4n) is 2.93. The number of pyridine rings is 1. The molecule has 3 rings (SSSR count). The Kier molecular flexibility index (Phi) is 5.51. The predicted octanol–water partition coefficient (Wildman–Crippen LogP) is 2.42. The van der Waals surface area contributed by atoms with Crippen LogP contribution in [-0.4, -0.2) is 36.7 Å². The lowest BCUT2D eigenvalue weighted by Crippen LogP contribution is -2.43. The van der Waals surface area contributed by atoms with Crippen LogP contribution in [0.3, 0.4) is 0 Å². The van der Waals surface area contributed by atoms with Crippen molar-refractivity contribution in [3.8, 4) is 0 Å². The van der Waals surface area contributed by atoms with Crippen LogP contribution in [-0.2, 0) is 14.8 Å². The standard InChI is InChI=1S/C17H21N3O3S2/c1-13(15-5-2-3-9-18-15)19-17(21)14-7-10-20(11-8-14)25(22,23)16-6-4-12-24-16/h2-6,9,12-14H,7-8,10-11H2,1H3,(H,19,21). The average molecular weight is 380 g/mol. The van der Waals surface area contributed by atoms with Gasteiger partial charge in [0, 0.05) is 25.2 Å². The number of piperidine rings is 1. The van der Waals surface area contributed by atoms with Crippen molar-refractivity contribution < 1.29 is 13.2 Å². The SMILES string of the molecule is CC(NC(=O)C1CCN(S(=O)(=O)c2cccs2)CC1)c1ccccn1. The third kappa shape index (κ3) is 4.08. The Morgan fingerprint density at radius 3 is 2.64 bits per heavy atom. The summed E-state index contributed by atoms with van der Waals surface area (Å²) >= 11 is 1.22. The summed E-state index contributed by atoms with van der Waals surface area (Å²) in [5.41, 5.74) is 0.813. The molecule has 1 unspecified atom stereocenters. The molecule has 6 nitrogen and oxygen atoms in total. The second-order valence-corrected chi connectivity index (χ2v) is 9.21. The highest BCUT2D eigenvalue weighted by atomic mass is 32.2. The van der Waals surface area contributed by atoms with Gasteiger partial charge in [-0.3, -0.25) is 9.78 Å². The van der Waals surface area contributed by atoms with E-state index in [1.165, 1.54) is 15.6 Å². The normalized spacial score (nSPS) is 18.0. The van der Waals surface area contributed by atoms with Gasteiger partial charge in [-0.25, -0.2) is 8.42 Å². The molecular formula is C17H21N3O3S2. The molecule has 0 radical (unpaired) electrons. The van der Waals surface area contributed by atoms with Gasteiger partial charge in [0.25, 0.3) is 10.0 Å². The number of rotatable bonds is 5. The fourth-order valence-corrected chi connectivity index (χ4v) is 5.55. The van der Waals surface area contributed by atoms with Gasteiger partial charge < -0.3 is 5.32 Å². The molecule has 1 fully saturated rings. The summed E-state index contributed by atoms with van der Waals surface area (Å²) in [4.78, 5) is 16.7. The van der Waals surface area contributed by atoms with E-state index in [1.54, 1.807) is 23.7 Å². The predicted molar refractivity (Wildman–Crippen MR) is 96.6 cm³/mol. The molecule has 1 saturated heterocycles. The Balaban J connectivity index is 1.56. The van der Waals surface area contributed by atoms with Crippen molar-refractivity contribution >= 4 is 27.3 Å². The second kappa shape index (κ2) is 7.63. The van der Waals surface area contributed by atoms with Gasteiger partial charge in [0.05, 0.1) is 11.7 Å². The van der Waals surface area contributed by atoms with Crippen LogP contribution in [0.5, 0.6) is 0 Å². The molecule has 8 heteroatoms. The minimum atomic E-state index is -3.42. The molecule has 1 N–H and O–H groups in total. The number of nitrogens with one attached hydrogen (secondary N) is 1. The molecule has 25 heavy (non-hydrogen) atoms. The molecule has 0 aliphatic carbocycles. The Morgan fingerprint density at radius 1 is 1.28 bits per heavy atom. The van der Waals surface area contributed by atoms with Crippen molar-refractivity contribution in [1.29, 1.82) is 0 Å². The van der Waals surface area contributed by atoms with Crippen LogP contribution >= 0.6 is 11.3 Å². The summed E-state index contributed by atoms with van der Waals surface area (Å²) in [6, 6.07) is 8.79. The topological polar surface area (TPSA) is 79.4 Å². The van der Waals surface area contributed by atoms with E-state index in [9.17, 15) is 13.2 Å². The molecule has 0 bridgehead atoms. The quantitative estimate of drug-likeness (QED) is 0.865. The maximum Gasteiger partial charge on any atom is 0.252 e. The first-order valence-corrected chi connectivity index (χ1v) is 10.6. The van der Waals surface area contributed by atoms with E-state index in [0.717, 1.165) is 5.69 Å². The summed E-state index contributed by atoms with van der Waals surface area (Å²) < 4.78 is 26.9. The molecule has 1 amide bonds. The first-order valence-electron chi connectivity index (χ1n) is 8.23. The molecule has 1 atom stereocenters. The van der Waals surface area contributed by atoms with Gasteiger partial charge in [-0.15, -0.1) is 11.3 Å². The largest absolute Gasteiger partial charge is 0.348 e. The summed E-state index contributed by atoms with van der Waals surface area (Å²) in [6.45, 7) is 2.64. The first kappa shape index (κ1) is 18.0. The van der Waals surface area contributed by atoms with Crippen LogP contribution in [0, 0.1) is 5.92 Å². The van der Waals surface area contributed by atoms with E-state index in [4.69, 9.17) is 0 Å².